The summed E-state index contributed by atoms with van der Waals surface area (Å²) in [5.74, 6) is 0. The van der Waals surface area contributed by atoms with Crippen LogP contribution in [0.2, 0.25) is 0 Å². The van der Waals surface area contributed by atoms with Gasteiger partial charge in [-0.15, -0.1) is 0 Å². The lowest BCUT2D eigenvalue weighted by atomic mass is 10.1. The van der Waals surface area contributed by atoms with Crippen molar-refractivity contribution >= 4 is 11.3 Å². The zero-order chi connectivity index (χ0) is 12.1. The highest BCUT2D eigenvalue weighted by molar-refractivity contribution is 7.08. The quantitative estimate of drug-likeness (QED) is 0.456. The SMILES string of the molecule is [N-]=[N+]=NCc1cn(CCF)nc1-c1ccsc1. The molecule has 0 amide bonds. The van der Waals surface area contributed by atoms with E-state index in [1.165, 1.54) is 4.68 Å². The Morgan fingerprint density at radius 1 is 1.59 bits per heavy atom. The number of halogens is 1. The fourth-order valence-electron chi connectivity index (χ4n) is 1.53. The molecule has 2 heterocycles. The van der Waals surface area contributed by atoms with Crippen LogP contribution >= 0.6 is 11.3 Å². The number of alkyl halides is 1. The first-order valence-corrected chi connectivity index (χ1v) is 5.95. The van der Waals surface area contributed by atoms with Gasteiger partial charge in [0.2, 0.25) is 0 Å². The molecule has 0 N–H and O–H groups in total. The predicted octanol–water partition coefficient (Wildman–Crippen LogP) is 3.39. The molecule has 0 aliphatic heterocycles. The predicted molar refractivity (Wildman–Crippen MR) is 64.4 cm³/mol. The molecule has 0 spiro atoms. The van der Waals surface area contributed by atoms with Gasteiger partial charge in [0.1, 0.15) is 6.67 Å². The van der Waals surface area contributed by atoms with Crippen molar-refractivity contribution in [2.45, 2.75) is 13.1 Å². The number of thiophene rings is 1. The summed E-state index contributed by atoms with van der Waals surface area (Å²) in [5.41, 5.74) is 10.9. The number of rotatable bonds is 5. The second kappa shape index (κ2) is 5.47. The molecule has 0 bridgehead atoms. The lowest BCUT2D eigenvalue weighted by molar-refractivity contribution is 0.427. The third kappa shape index (κ3) is 2.64. The lowest BCUT2D eigenvalue weighted by Crippen LogP contribution is -1.99. The summed E-state index contributed by atoms with van der Waals surface area (Å²) < 4.78 is 13.8. The van der Waals surface area contributed by atoms with Crippen molar-refractivity contribution in [3.63, 3.8) is 0 Å². The number of nitrogens with zero attached hydrogens (tertiary/aromatic N) is 5. The van der Waals surface area contributed by atoms with Crippen molar-refractivity contribution in [1.29, 1.82) is 0 Å². The van der Waals surface area contributed by atoms with Crippen LogP contribution in [0.3, 0.4) is 0 Å². The van der Waals surface area contributed by atoms with E-state index in [-0.39, 0.29) is 13.1 Å². The minimum absolute atomic E-state index is 0.216. The molecule has 2 rings (SSSR count). The maximum Gasteiger partial charge on any atom is 0.109 e. The third-order valence-corrected chi connectivity index (χ3v) is 2.93. The smallest absolute Gasteiger partial charge is 0.109 e. The number of aryl methyl sites for hydroxylation is 1. The van der Waals surface area contributed by atoms with Crippen molar-refractivity contribution in [2.75, 3.05) is 6.67 Å². The molecule has 0 fully saturated rings. The van der Waals surface area contributed by atoms with Gasteiger partial charge >= 0.3 is 0 Å². The Balaban J connectivity index is 2.37. The highest BCUT2D eigenvalue weighted by Crippen LogP contribution is 2.25. The Hall–Kier alpha value is -1.85. The van der Waals surface area contributed by atoms with E-state index in [9.17, 15) is 4.39 Å². The summed E-state index contributed by atoms with van der Waals surface area (Å²) in [5, 5.41) is 11.7. The summed E-state index contributed by atoms with van der Waals surface area (Å²) in [6.07, 6.45) is 1.72. The van der Waals surface area contributed by atoms with Gasteiger partial charge in [0.25, 0.3) is 0 Å². The van der Waals surface area contributed by atoms with Gasteiger partial charge in [0.15, 0.2) is 0 Å². The molecule has 0 aliphatic carbocycles. The van der Waals surface area contributed by atoms with Crippen molar-refractivity contribution in [3.8, 4) is 11.3 Å². The highest BCUT2D eigenvalue weighted by Gasteiger charge is 2.10. The minimum atomic E-state index is -0.467. The summed E-state index contributed by atoms with van der Waals surface area (Å²) >= 11 is 1.56. The largest absolute Gasteiger partial charge is 0.269 e. The standard InChI is InChI=1S/C10H10FN5S/c11-2-3-16-6-9(5-13-15-12)10(14-16)8-1-4-17-7-8/h1,4,6-7H,2-3,5H2. The zero-order valence-electron chi connectivity index (χ0n) is 8.95. The average molecular weight is 251 g/mol. The fraction of sp³-hybridized carbons (Fsp3) is 0.300. The second-order valence-electron chi connectivity index (χ2n) is 3.36. The van der Waals surface area contributed by atoms with Crippen LogP contribution in [0, 0.1) is 0 Å². The van der Waals surface area contributed by atoms with E-state index in [4.69, 9.17) is 5.53 Å². The molecule has 2 aromatic heterocycles. The Labute approximate surface area is 101 Å². The van der Waals surface area contributed by atoms with Crippen LogP contribution in [0.1, 0.15) is 5.56 Å². The third-order valence-electron chi connectivity index (χ3n) is 2.25. The number of hydrogen-bond acceptors (Lipinski definition) is 3. The van der Waals surface area contributed by atoms with Gasteiger partial charge < -0.3 is 0 Å². The molecular weight excluding hydrogens is 241 g/mol. The van der Waals surface area contributed by atoms with E-state index in [0.29, 0.717) is 0 Å². The number of hydrogen-bond donors (Lipinski definition) is 0. The summed E-state index contributed by atoms with van der Waals surface area (Å²) in [6, 6.07) is 1.94. The zero-order valence-corrected chi connectivity index (χ0v) is 9.77. The Morgan fingerprint density at radius 3 is 3.12 bits per heavy atom. The van der Waals surface area contributed by atoms with E-state index in [2.05, 4.69) is 15.1 Å². The van der Waals surface area contributed by atoms with E-state index < -0.39 is 6.67 Å². The normalized spacial score (nSPS) is 10.2. The van der Waals surface area contributed by atoms with Crippen LogP contribution in [-0.4, -0.2) is 16.5 Å². The van der Waals surface area contributed by atoms with E-state index >= 15 is 0 Å². The molecule has 0 atom stereocenters. The fourth-order valence-corrected chi connectivity index (χ4v) is 2.17. The average Bonchev–Trinajstić information content (AvgIpc) is 2.95. The van der Waals surface area contributed by atoms with Crippen LogP contribution < -0.4 is 0 Å². The molecule has 0 saturated heterocycles. The van der Waals surface area contributed by atoms with Crippen molar-refractivity contribution in [3.05, 3.63) is 39.0 Å². The van der Waals surface area contributed by atoms with Crippen LogP contribution in [-0.2, 0) is 13.1 Å². The number of azide groups is 1. The second-order valence-corrected chi connectivity index (χ2v) is 4.14. The van der Waals surface area contributed by atoms with Gasteiger partial charge in [0.05, 0.1) is 18.8 Å². The van der Waals surface area contributed by atoms with Crippen LogP contribution in [0.4, 0.5) is 4.39 Å². The molecule has 17 heavy (non-hydrogen) atoms. The molecule has 7 heteroatoms. The molecule has 0 radical (unpaired) electrons. The van der Waals surface area contributed by atoms with E-state index in [1.54, 1.807) is 17.5 Å². The molecular formula is C10H10FN5S. The molecule has 2 aromatic rings. The number of aromatic nitrogens is 2. The Morgan fingerprint density at radius 2 is 2.47 bits per heavy atom. The lowest BCUT2D eigenvalue weighted by Gasteiger charge is -1.94. The molecule has 0 saturated carbocycles. The van der Waals surface area contributed by atoms with Crippen molar-refractivity contribution in [2.24, 2.45) is 5.11 Å². The summed E-state index contributed by atoms with van der Waals surface area (Å²) in [7, 11) is 0. The highest BCUT2D eigenvalue weighted by atomic mass is 32.1. The van der Waals surface area contributed by atoms with Crippen LogP contribution in [0.15, 0.2) is 28.1 Å². The van der Waals surface area contributed by atoms with E-state index in [0.717, 1.165) is 16.8 Å². The summed E-state index contributed by atoms with van der Waals surface area (Å²) in [4.78, 5) is 2.73. The van der Waals surface area contributed by atoms with Gasteiger partial charge in [-0.1, -0.05) is 5.11 Å². The Bertz CT molecular complexity index is 527. The van der Waals surface area contributed by atoms with Crippen LogP contribution in [0.5, 0.6) is 0 Å². The molecule has 88 valence electrons. The van der Waals surface area contributed by atoms with Gasteiger partial charge in [-0.3, -0.25) is 4.68 Å². The Kier molecular flexibility index (Phi) is 3.74. The van der Waals surface area contributed by atoms with Crippen LogP contribution in [0.25, 0.3) is 21.7 Å². The molecule has 0 unspecified atom stereocenters. The van der Waals surface area contributed by atoms with Gasteiger partial charge in [-0.25, -0.2) is 4.39 Å². The maximum atomic E-state index is 12.3. The first-order chi connectivity index (χ1) is 8.35. The first-order valence-electron chi connectivity index (χ1n) is 5.01. The van der Waals surface area contributed by atoms with Gasteiger partial charge in [-0.2, -0.15) is 16.4 Å². The van der Waals surface area contributed by atoms with E-state index in [1.807, 2.05) is 16.8 Å². The first kappa shape index (κ1) is 11.6. The molecule has 0 aliphatic rings. The molecule has 5 nitrogen and oxygen atoms in total. The van der Waals surface area contributed by atoms with Gasteiger partial charge in [-0.05, 0) is 17.0 Å². The van der Waals surface area contributed by atoms with Crippen molar-refractivity contribution in [1.82, 2.24) is 9.78 Å². The molecule has 0 aromatic carbocycles. The monoisotopic (exact) mass is 251 g/mol. The summed E-state index contributed by atoms with van der Waals surface area (Å²) in [6.45, 7) is -0.0207. The van der Waals surface area contributed by atoms with Crippen molar-refractivity contribution < 1.29 is 4.39 Å². The maximum absolute atomic E-state index is 12.3. The van der Waals surface area contributed by atoms with Gasteiger partial charge in [0, 0.05) is 27.6 Å². The topological polar surface area (TPSA) is 66.6 Å². The minimum Gasteiger partial charge on any atom is -0.269 e.